The van der Waals surface area contributed by atoms with Gasteiger partial charge in [0.05, 0.1) is 20.8 Å². The van der Waals surface area contributed by atoms with Crippen LogP contribution in [0.4, 0.5) is 4.39 Å². The number of aliphatic hydroxyl groups is 1. The third kappa shape index (κ3) is 2.69. The van der Waals surface area contributed by atoms with Crippen LogP contribution < -0.4 is 9.47 Å². The SMILES string of the molecule is COc1cc(CF)cc(C(C)(C)CO)c1OC. The summed E-state index contributed by atoms with van der Waals surface area (Å²) in [7, 11) is 3.04. The van der Waals surface area contributed by atoms with Gasteiger partial charge in [0.2, 0.25) is 0 Å². The fraction of sp³-hybridized carbons (Fsp3) is 0.538. The number of aliphatic hydroxyl groups excluding tert-OH is 1. The monoisotopic (exact) mass is 242 g/mol. The van der Waals surface area contributed by atoms with E-state index in [1.165, 1.54) is 14.2 Å². The van der Waals surface area contributed by atoms with Crippen molar-refractivity contribution in [3.05, 3.63) is 23.3 Å². The van der Waals surface area contributed by atoms with Crippen LogP contribution >= 0.6 is 0 Å². The molecule has 1 aromatic rings. The van der Waals surface area contributed by atoms with Gasteiger partial charge in [0.15, 0.2) is 11.5 Å². The number of halogens is 1. The van der Waals surface area contributed by atoms with Crippen LogP contribution in [-0.4, -0.2) is 25.9 Å². The number of hydrogen-bond donors (Lipinski definition) is 1. The molecule has 0 aromatic heterocycles. The van der Waals surface area contributed by atoms with E-state index in [2.05, 4.69) is 0 Å². The second-order valence-corrected chi connectivity index (χ2v) is 4.55. The van der Waals surface area contributed by atoms with Crippen LogP contribution in [0.1, 0.15) is 25.0 Å². The first kappa shape index (κ1) is 13.8. The van der Waals surface area contributed by atoms with Crippen molar-refractivity contribution in [2.24, 2.45) is 0 Å². The van der Waals surface area contributed by atoms with E-state index >= 15 is 0 Å². The number of ether oxygens (including phenoxy) is 2. The Balaban J connectivity index is 3.44. The highest BCUT2D eigenvalue weighted by Crippen LogP contribution is 2.39. The van der Waals surface area contributed by atoms with E-state index in [1.807, 2.05) is 13.8 Å². The van der Waals surface area contributed by atoms with Crippen molar-refractivity contribution in [3.8, 4) is 11.5 Å². The molecule has 0 fully saturated rings. The number of alkyl halides is 1. The highest BCUT2D eigenvalue weighted by atomic mass is 19.1. The Morgan fingerprint density at radius 3 is 2.29 bits per heavy atom. The van der Waals surface area contributed by atoms with Crippen molar-refractivity contribution in [1.29, 1.82) is 0 Å². The minimum absolute atomic E-state index is 0.0533. The molecule has 1 rings (SSSR count). The van der Waals surface area contributed by atoms with Crippen LogP contribution in [0.2, 0.25) is 0 Å². The van der Waals surface area contributed by atoms with Gasteiger partial charge in [-0.25, -0.2) is 4.39 Å². The molecule has 0 atom stereocenters. The zero-order valence-electron chi connectivity index (χ0n) is 10.7. The summed E-state index contributed by atoms with van der Waals surface area (Å²) in [4.78, 5) is 0. The van der Waals surface area contributed by atoms with Crippen LogP contribution in [0, 0.1) is 0 Å². The van der Waals surface area contributed by atoms with Gasteiger partial charge in [-0.05, 0) is 17.7 Å². The summed E-state index contributed by atoms with van der Waals surface area (Å²) in [6.45, 7) is 3.11. The first-order valence-corrected chi connectivity index (χ1v) is 5.42. The fourth-order valence-corrected chi connectivity index (χ4v) is 1.69. The fourth-order valence-electron chi connectivity index (χ4n) is 1.69. The molecule has 0 unspecified atom stereocenters. The minimum Gasteiger partial charge on any atom is -0.493 e. The lowest BCUT2D eigenvalue weighted by Crippen LogP contribution is -2.23. The molecule has 4 heteroatoms. The maximum absolute atomic E-state index is 12.8. The van der Waals surface area contributed by atoms with Crippen molar-refractivity contribution < 1.29 is 19.0 Å². The summed E-state index contributed by atoms with van der Waals surface area (Å²) < 4.78 is 23.3. The van der Waals surface area contributed by atoms with Gasteiger partial charge in [0, 0.05) is 11.0 Å². The van der Waals surface area contributed by atoms with Crippen molar-refractivity contribution in [3.63, 3.8) is 0 Å². The zero-order chi connectivity index (χ0) is 13.1. The van der Waals surface area contributed by atoms with Gasteiger partial charge in [0.25, 0.3) is 0 Å². The Hall–Kier alpha value is -1.29. The Labute approximate surface area is 101 Å². The Morgan fingerprint density at radius 2 is 1.88 bits per heavy atom. The Kier molecular flexibility index (Phi) is 4.34. The molecule has 0 aliphatic heterocycles. The van der Waals surface area contributed by atoms with Gasteiger partial charge < -0.3 is 14.6 Å². The topological polar surface area (TPSA) is 38.7 Å². The molecule has 96 valence electrons. The maximum Gasteiger partial charge on any atom is 0.164 e. The molecule has 1 aromatic carbocycles. The lowest BCUT2D eigenvalue weighted by atomic mass is 9.84. The summed E-state index contributed by atoms with van der Waals surface area (Å²) in [6.07, 6.45) is 0. The van der Waals surface area contributed by atoms with E-state index in [0.717, 1.165) is 5.56 Å². The molecule has 0 heterocycles. The third-order valence-electron chi connectivity index (χ3n) is 2.82. The first-order valence-electron chi connectivity index (χ1n) is 5.42. The predicted octanol–water partition coefficient (Wildman–Crippen LogP) is 2.44. The molecular formula is C13H19FO3. The molecular weight excluding hydrogens is 223 g/mol. The molecule has 0 aliphatic carbocycles. The summed E-state index contributed by atoms with van der Waals surface area (Å²) in [5.74, 6) is 1.03. The highest BCUT2D eigenvalue weighted by molar-refractivity contribution is 5.52. The molecule has 17 heavy (non-hydrogen) atoms. The smallest absolute Gasteiger partial charge is 0.164 e. The van der Waals surface area contributed by atoms with Crippen molar-refractivity contribution in [2.45, 2.75) is 25.9 Å². The predicted molar refractivity (Wildman–Crippen MR) is 64.5 cm³/mol. The van der Waals surface area contributed by atoms with E-state index in [9.17, 15) is 9.50 Å². The van der Waals surface area contributed by atoms with Crippen molar-refractivity contribution >= 4 is 0 Å². The average Bonchev–Trinajstić information content (AvgIpc) is 2.36. The van der Waals surface area contributed by atoms with Crippen molar-refractivity contribution in [2.75, 3.05) is 20.8 Å². The maximum atomic E-state index is 12.8. The largest absolute Gasteiger partial charge is 0.493 e. The first-order chi connectivity index (χ1) is 8.00. The molecule has 0 saturated carbocycles. The van der Waals surface area contributed by atoms with E-state index in [-0.39, 0.29) is 6.61 Å². The standard InChI is InChI=1S/C13H19FO3/c1-13(2,8-15)10-5-9(7-14)6-11(16-3)12(10)17-4/h5-6,15H,7-8H2,1-4H3. The Bertz CT molecular complexity index is 388. The van der Waals surface area contributed by atoms with Crippen LogP contribution in [0.25, 0.3) is 0 Å². The van der Waals surface area contributed by atoms with Gasteiger partial charge in [0.1, 0.15) is 6.67 Å². The van der Waals surface area contributed by atoms with E-state index in [4.69, 9.17) is 9.47 Å². The average molecular weight is 242 g/mol. The van der Waals surface area contributed by atoms with Crippen LogP contribution in [0.5, 0.6) is 11.5 Å². The normalized spacial score (nSPS) is 11.4. The Morgan fingerprint density at radius 1 is 1.24 bits per heavy atom. The van der Waals surface area contributed by atoms with Gasteiger partial charge >= 0.3 is 0 Å². The van der Waals surface area contributed by atoms with Gasteiger partial charge in [-0.3, -0.25) is 0 Å². The summed E-state index contributed by atoms with van der Waals surface area (Å²) in [6, 6.07) is 3.31. The number of benzene rings is 1. The molecule has 0 amide bonds. The lowest BCUT2D eigenvalue weighted by Gasteiger charge is -2.26. The third-order valence-corrected chi connectivity index (χ3v) is 2.82. The van der Waals surface area contributed by atoms with Crippen LogP contribution in [0.3, 0.4) is 0 Å². The summed E-state index contributed by atoms with van der Waals surface area (Å²) >= 11 is 0. The molecule has 0 saturated heterocycles. The number of rotatable bonds is 5. The zero-order valence-corrected chi connectivity index (χ0v) is 10.7. The highest BCUT2D eigenvalue weighted by Gasteiger charge is 2.26. The van der Waals surface area contributed by atoms with E-state index in [1.54, 1.807) is 12.1 Å². The second kappa shape index (κ2) is 5.36. The number of hydrogen-bond acceptors (Lipinski definition) is 3. The van der Waals surface area contributed by atoms with Crippen molar-refractivity contribution in [1.82, 2.24) is 0 Å². The molecule has 0 radical (unpaired) electrons. The quantitative estimate of drug-likeness (QED) is 0.862. The lowest BCUT2D eigenvalue weighted by molar-refractivity contribution is 0.213. The molecule has 0 aliphatic rings. The number of methoxy groups -OCH3 is 2. The molecule has 0 spiro atoms. The van der Waals surface area contributed by atoms with Gasteiger partial charge in [-0.2, -0.15) is 0 Å². The van der Waals surface area contributed by atoms with E-state index in [0.29, 0.717) is 17.1 Å². The molecule has 3 nitrogen and oxygen atoms in total. The second-order valence-electron chi connectivity index (χ2n) is 4.55. The van der Waals surface area contributed by atoms with Crippen LogP contribution in [-0.2, 0) is 12.1 Å². The summed E-state index contributed by atoms with van der Waals surface area (Å²) in [5, 5.41) is 9.40. The minimum atomic E-state index is -0.575. The molecule has 1 N–H and O–H groups in total. The van der Waals surface area contributed by atoms with E-state index < -0.39 is 12.1 Å². The van der Waals surface area contributed by atoms with Gasteiger partial charge in [-0.1, -0.05) is 13.8 Å². The van der Waals surface area contributed by atoms with Crippen LogP contribution in [0.15, 0.2) is 12.1 Å². The summed E-state index contributed by atoms with van der Waals surface area (Å²) in [5.41, 5.74) is 0.748. The van der Waals surface area contributed by atoms with Gasteiger partial charge in [-0.15, -0.1) is 0 Å². The molecule has 0 bridgehead atoms.